The largest absolute Gasteiger partial charge is 0.416 e. The molecule has 0 spiro atoms. The third-order valence-electron chi connectivity index (χ3n) is 5.68. The van der Waals surface area contributed by atoms with Gasteiger partial charge in [-0.05, 0) is 30.3 Å². The van der Waals surface area contributed by atoms with Crippen LogP contribution in [0, 0.1) is 22.0 Å². The van der Waals surface area contributed by atoms with Gasteiger partial charge in [0.25, 0.3) is 15.8 Å². The zero-order valence-electron chi connectivity index (χ0n) is 17.4. The molecule has 8 nitrogen and oxygen atoms in total. The molecule has 0 saturated carbocycles. The van der Waals surface area contributed by atoms with E-state index in [4.69, 9.17) is 8.61 Å². The summed E-state index contributed by atoms with van der Waals surface area (Å²) in [4.78, 5) is 9.90. The summed E-state index contributed by atoms with van der Waals surface area (Å²) in [6.07, 6.45) is 2.78. The second-order valence-corrected chi connectivity index (χ2v) is 15.2. The Morgan fingerprint density at radius 3 is 2.10 bits per heavy atom. The van der Waals surface area contributed by atoms with Gasteiger partial charge in [-0.2, -0.15) is 8.42 Å². The fourth-order valence-electron chi connectivity index (χ4n) is 2.63. The molecule has 1 N–H and O–H groups in total. The molecule has 1 aliphatic rings. The molecule has 3 atom stereocenters. The number of hydrogen-bond acceptors (Lipinski definition) is 7. The van der Waals surface area contributed by atoms with Crippen LogP contribution in [0.3, 0.4) is 0 Å². The highest BCUT2D eigenvalue weighted by atomic mass is 32.2. The maximum absolute atomic E-state index is 12.3. The third kappa shape index (κ3) is 5.73. The lowest BCUT2D eigenvalue weighted by Crippen LogP contribution is -2.43. The van der Waals surface area contributed by atoms with Gasteiger partial charge < -0.3 is 9.53 Å². The SMILES string of the molecule is CC(C)(C)[Si](C)(C)OC[C@H]1C=C[C@@H](COS(=O)(=O)c2ccc([N+](=O)[O-])cc2)[C@@H]1O. The number of hydrogen-bond donors (Lipinski definition) is 1. The topological polar surface area (TPSA) is 116 Å². The highest BCUT2D eigenvalue weighted by Crippen LogP contribution is 2.37. The maximum Gasteiger partial charge on any atom is 0.297 e. The van der Waals surface area contributed by atoms with Crippen LogP contribution in [0.4, 0.5) is 5.69 Å². The zero-order chi connectivity index (χ0) is 22.0. The van der Waals surface area contributed by atoms with Gasteiger partial charge in [0.15, 0.2) is 8.32 Å². The van der Waals surface area contributed by atoms with Crippen LogP contribution in [0.2, 0.25) is 18.1 Å². The van der Waals surface area contributed by atoms with E-state index in [1.54, 1.807) is 6.08 Å². The summed E-state index contributed by atoms with van der Waals surface area (Å²) in [5.41, 5.74) is -0.206. The van der Waals surface area contributed by atoms with Crippen LogP contribution < -0.4 is 0 Å². The molecule has 0 saturated heterocycles. The van der Waals surface area contributed by atoms with E-state index in [0.29, 0.717) is 6.61 Å². The molecule has 2 rings (SSSR count). The van der Waals surface area contributed by atoms with Gasteiger partial charge in [0.1, 0.15) is 0 Å². The number of aliphatic hydroxyl groups excluding tert-OH is 1. The smallest absolute Gasteiger partial charge is 0.297 e. The lowest BCUT2D eigenvalue weighted by Gasteiger charge is -2.37. The first-order valence-corrected chi connectivity index (χ1v) is 13.7. The maximum atomic E-state index is 12.3. The van der Waals surface area contributed by atoms with E-state index in [1.165, 1.54) is 0 Å². The molecule has 0 bridgehead atoms. The van der Waals surface area contributed by atoms with Crippen LogP contribution in [0.1, 0.15) is 20.8 Å². The predicted octanol–water partition coefficient (Wildman–Crippen LogP) is 3.49. The minimum absolute atomic E-state index is 0.0572. The summed E-state index contributed by atoms with van der Waals surface area (Å²) in [6.45, 7) is 10.8. The fraction of sp³-hybridized carbons (Fsp3) is 0.579. The quantitative estimate of drug-likeness (QED) is 0.215. The Labute approximate surface area is 172 Å². The minimum atomic E-state index is -4.08. The summed E-state index contributed by atoms with van der Waals surface area (Å²) in [7, 11) is -6.03. The molecule has 29 heavy (non-hydrogen) atoms. The first-order valence-electron chi connectivity index (χ1n) is 9.39. The van der Waals surface area contributed by atoms with Crippen molar-refractivity contribution in [3.05, 3.63) is 46.5 Å². The number of aliphatic hydroxyl groups is 1. The van der Waals surface area contributed by atoms with E-state index < -0.39 is 35.4 Å². The standard InChI is InChI=1S/C19H29NO7SSi/c1-19(2,3)29(4,5)27-13-15-7-6-14(18(15)21)12-26-28(24,25)17-10-8-16(9-11-17)20(22)23/h6-11,14-15,18,21H,12-13H2,1-5H3/t14-,15+,18-/m0/s1. The van der Waals surface area contributed by atoms with Crippen molar-refractivity contribution >= 4 is 24.1 Å². The van der Waals surface area contributed by atoms with Gasteiger partial charge in [-0.25, -0.2) is 0 Å². The summed E-state index contributed by atoms with van der Waals surface area (Å²) < 4.78 is 35.9. The molecular formula is C19H29NO7SSi. The Bertz CT molecular complexity index is 860. The van der Waals surface area contributed by atoms with Crippen LogP contribution in [0.5, 0.6) is 0 Å². The van der Waals surface area contributed by atoms with Crippen molar-refractivity contribution in [2.75, 3.05) is 13.2 Å². The van der Waals surface area contributed by atoms with Crippen LogP contribution >= 0.6 is 0 Å². The molecule has 0 aliphatic heterocycles. The van der Waals surface area contributed by atoms with Crippen LogP contribution in [-0.2, 0) is 18.7 Å². The Hall–Kier alpha value is -1.59. The van der Waals surface area contributed by atoms with Gasteiger partial charge >= 0.3 is 0 Å². The molecule has 0 aromatic heterocycles. The van der Waals surface area contributed by atoms with Crippen LogP contribution in [0.15, 0.2) is 41.3 Å². The Kier molecular flexibility index (Phi) is 7.06. The summed E-state index contributed by atoms with van der Waals surface area (Å²) in [5, 5.41) is 21.3. The van der Waals surface area contributed by atoms with E-state index in [0.717, 1.165) is 24.3 Å². The van der Waals surface area contributed by atoms with Gasteiger partial charge in [-0.1, -0.05) is 32.9 Å². The number of benzene rings is 1. The predicted molar refractivity (Wildman–Crippen MR) is 112 cm³/mol. The molecule has 0 heterocycles. The molecule has 162 valence electrons. The molecule has 1 aromatic carbocycles. The van der Waals surface area contributed by atoms with Crippen molar-refractivity contribution in [1.82, 2.24) is 0 Å². The van der Waals surface area contributed by atoms with Gasteiger partial charge in [0.2, 0.25) is 0 Å². The number of nitro groups is 1. The zero-order valence-corrected chi connectivity index (χ0v) is 19.2. The Balaban J connectivity index is 1.93. The van der Waals surface area contributed by atoms with Crippen molar-refractivity contribution in [3.63, 3.8) is 0 Å². The normalized spacial score (nSPS) is 22.8. The van der Waals surface area contributed by atoms with Gasteiger partial charge in [-0.15, -0.1) is 0 Å². The summed E-state index contributed by atoms with van der Waals surface area (Å²) in [5.74, 6) is -0.698. The average Bonchev–Trinajstić information content (AvgIpc) is 2.97. The van der Waals surface area contributed by atoms with Crippen molar-refractivity contribution in [3.8, 4) is 0 Å². The van der Waals surface area contributed by atoms with E-state index in [9.17, 15) is 23.6 Å². The molecule has 0 amide bonds. The van der Waals surface area contributed by atoms with Crippen molar-refractivity contribution < 1.29 is 27.1 Å². The molecule has 0 fully saturated rings. The van der Waals surface area contributed by atoms with Crippen molar-refractivity contribution in [2.24, 2.45) is 11.8 Å². The number of non-ortho nitro benzene ring substituents is 1. The second-order valence-electron chi connectivity index (χ2n) is 8.76. The number of rotatable bonds is 8. The van der Waals surface area contributed by atoms with Crippen molar-refractivity contribution in [1.29, 1.82) is 0 Å². The second kappa shape index (κ2) is 8.64. The Morgan fingerprint density at radius 1 is 1.10 bits per heavy atom. The first-order chi connectivity index (χ1) is 13.2. The molecule has 1 aromatic rings. The highest BCUT2D eigenvalue weighted by Gasteiger charge is 2.39. The molecule has 10 heteroatoms. The Morgan fingerprint density at radius 2 is 1.62 bits per heavy atom. The first kappa shape index (κ1) is 23.7. The van der Waals surface area contributed by atoms with Crippen LogP contribution in [0.25, 0.3) is 0 Å². The van der Waals surface area contributed by atoms with E-state index in [-0.39, 0.29) is 28.1 Å². The van der Waals surface area contributed by atoms with Gasteiger partial charge in [0, 0.05) is 30.6 Å². The molecule has 0 unspecified atom stereocenters. The van der Waals surface area contributed by atoms with E-state index in [2.05, 4.69) is 33.9 Å². The van der Waals surface area contributed by atoms with Gasteiger partial charge in [0.05, 0.1) is 22.5 Å². The number of nitro benzene ring substituents is 1. The fourth-order valence-corrected chi connectivity index (χ4v) is 4.61. The molecular weight excluding hydrogens is 414 g/mol. The van der Waals surface area contributed by atoms with E-state index in [1.807, 2.05) is 6.08 Å². The number of nitrogens with zero attached hydrogens (tertiary/aromatic N) is 1. The molecule has 0 radical (unpaired) electrons. The lowest BCUT2D eigenvalue weighted by atomic mass is 10.0. The van der Waals surface area contributed by atoms with Gasteiger partial charge in [-0.3, -0.25) is 14.3 Å². The summed E-state index contributed by atoms with van der Waals surface area (Å²) >= 11 is 0. The molecule has 1 aliphatic carbocycles. The van der Waals surface area contributed by atoms with Crippen molar-refractivity contribution in [2.45, 2.75) is 49.9 Å². The monoisotopic (exact) mass is 443 g/mol. The highest BCUT2D eigenvalue weighted by molar-refractivity contribution is 7.86. The lowest BCUT2D eigenvalue weighted by molar-refractivity contribution is -0.384. The average molecular weight is 444 g/mol. The summed E-state index contributed by atoms with van der Waals surface area (Å²) in [6, 6.07) is 4.47. The third-order valence-corrected chi connectivity index (χ3v) is 11.5. The minimum Gasteiger partial charge on any atom is -0.416 e. The van der Waals surface area contributed by atoms with Crippen LogP contribution in [-0.4, -0.2) is 46.1 Å². The van der Waals surface area contributed by atoms with E-state index >= 15 is 0 Å².